The predicted molar refractivity (Wildman–Crippen MR) is 66.9 cm³/mol. The third-order valence-corrected chi connectivity index (χ3v) is 4.56. The Morgan fingerprint density at radius 3 is 3.12 bits per heavy atom. The fourth-order valence-electron chi connectivity index (χ4n) is 1.28. The van der Waals surface area contributed by atoms with Gasteiger partial charge in [0.25, 0.3) is 0 Å². The van der Waals surface area contributed by atoms with Gasteiger partial charge in [-0.1, -0.05) is 0 Å². The van der Waals surface area contributed by atoms with Crippen LogP contribution in [0.2, 0.25) is 0 Å². The first-order chi connectivity index (χ1) is 7.75. The molecule has 0 aliphatic carbocycles. The van der Waals surface area contributed by atoms with Gasteiger partial charge in [-0.15, -0.1) is 23.1 Å². The maximum Gasteiger partial charge on any atom is 0.328 e. The molecule has 0 bridgehead atoms. The molecule has 0 saturated carbocycles. The van der Waals surface area contributed by atoms with Gasteiger partial charge in [-0.3, -0.25) is 0 Å². The summed E-state index contributed by atoms with van der Waals surface area (Å²) in [6.07, 6.45) is 2.84. The lowest BCUT2D eigenvalue weighted by Gasteiger charge is -2.25. The van der Waals surface area contributed by atoms with Crippen molar-refractivity contribution in [3.63, 3.8) is 0 Å². The Morgan fingerprint density at radius 1 is 1.69 bits per heavy atom. The minimum absolute atomic E-state index is 0.610. The highest BCUT2D eigenvalue weighted by molar-refractivity contribution is 7.99. The number of ether oxygens (including phenoxy) is 1. The molecule has 16 heavy (non-hydrogen) atoms. The van der Waals surface area contributed by atoms with Crippen LogP contribution >= 0.6 is 23.1 Å². The molecule has 0 unspecified atom stereocenters. The van der Waals surface area contributed by atoms with E-state index in [1.807, 2.05) is 23.2 Å². The van der Waals surface area contributed by atoms with Crippen LogP contribution in [0.1, 0.15) is 10.4 Å². The van der Waals surface area contributed by atoms with E-state index in [0.717, 1.165) is 24.5 Å². The Kier molecular flexibility index (Phi) is 4.04. The van der Waals surface area contributed by atoms with E-state index in [1.54, 1.807) is 17.4 Å². The van der Waals surface area contributed by atoms with Crippen LogP contribution in [-0.4, -0.2) is 29.5 Å². The summed E-state index contributed by atoms with van der Waals surface area (Å²) in [6.45, 7) is 1.69. The van der Waals surface area contributed by atoms with Crippen LogP contribution in [0.25, 0.3) is 6.08 Å². The van der Waals surface area contributed by atoms with E-state index >= 15 is 0 Å². The fraction of sp³-hybridized carbons (Fsp3) is 0.364. The van der Waals surface area contributed by atoms with Crippen LogP contribution in [0, 0.1) is 0 Å². The molecule has 0 spiro atoms. The lowest BCUT2D eigenvalue weighted by Crippen LogP contribution is -2.30. The van der Waals surface area contributed by atoms with Gasteiger partial charge in [0, 0.05) is 16.7 Å². The molecule has 1 N–H and O–H groups in total. The van der Waals surface area contributed by atoms with Crippen molar-refractivity contribution in [2.24, 2.45) is 0 Å². The Hall–Kier alpha value is -0.780. The molecule has 1 aromatic heterocycles. The number of carboxylic acid groups (broad SMARTS) is 1. The van der Waals surface area contributed by atoms with Crippen molar-refractivity contribution in [2.75, 3.05) is 13.2 Å². The molecule has 1 fully saturated rings. The molecule has 0 radical (unpaired) electrons. The molecule has 2 rings (SSSR count). The Bertz CT molecular complexity index is 394. The molecule has 1 aromatic rings. The molecule has 3 nitrogen and oxygen atoms in total. The SMILES string of the molecule is O=C(O)C=Cc1ccsc1CSC1COC1. The summed E-state index contributed by atoms with van der Waals surface area (Å²) in [4.78, 5) is 11.7. The number of carboxylic acids is 1. The summed E-state index contributed by atoms with van der Waals surface area (Å²) in [5, 5.41) is 11.2. The van der Waals surface area contributed by atoms with Crippen molar-refractivity contribution in [3.05, 3.63) is 28.0 Å². The lowest BCUT2D eigenvalue weighted by atomic mass is 10.2. The van der Waals surface area contributed by atoms with Gasteiger partial charge < -0.3 is 9.84 Å². The molecular weight excluding hydrogens is 244 g/mol. The van der Waals surface area contributed by atoms with Crippen molar-refractivity contribution >= 4 is 35.1 Å². The van der Waals surface area contributed by atoms with Gasteiger partial charge in [-0.25, -0.2) is 4.79 Å². The zero-order valence-corrected chi connectivity index (χ0v) is 10.2. The van der Waals surface area contributed by atoms with Crippen molar-refractivity contribution in [3.8, 4) is 0 Å². The average molecular weight is 256 g/mol. The predicted octanol–water partition coefficient (Wildman–Crippen LogP) is 2.48. The summed E-state index contributed by atoms with van der Waals surface area (Å²) < 4.78 is 5.10. The number of rotatable bonds is 5. The van der Waals surface area contributed by atoms with E-state index in [9.17, 15) is 4.79 Å². The van der Waals surface area contributed by atoms with Gasteiger partial charge in [-0.05, 0) is 23.1 Å². The molecule has 0 aromatic carbocycles. The van der Waals surface area contributed by atoms with E-state index in [-0.39, 0.29) is 0 Å². The van der Waals surface area contributed by atoms with E-state index in [0.29, 0.717) is 5.25 Å². The van der Waals surface area contributed by atoms with Crippen LogP contribution in [0.15, 0.2) is 17.5 Å². The van der Waals surface area contributed by atoms with Crippen LogP contribution in [0.4, 0.5) is 0 Å². The Morgan fingerprint density at radius 2 is 2.50 bits per heavy atom. The summed E-state index contributed by atoms with van der Waals surface area (Å²) in [6, 6.07) is 1.96. The monoisotopic (exact) mass is 256 g/mol. The Balaban J connectivity index is 1.92. The van der Waals surface area contributed by atoms with Crippen molar-refractivity contribution in [1.29, 1.82) is 0 Å². The number of carbonyl (C=O) groups is 1. The topological polar surface area (TPSA) is 46.5 Å². The molecule has 1 saturated heterocycles. The molecule has 1 aliphatic heterocycles. The molecule has 86 valence electrons. The van der Waals surface area contributed by atoms with E-state index in [2.05, 4.69) is 0 Å². The highest BCUT2D eigenvalue weighted by Gasteiger charge is 2.19. The van der Waals surface area contributed by atoms with E-state index < -0.39 is 5.97 Å². The molecule has 0 amide bonds. The highest BCUT2D eigenvalue weighted by atomic mass is 32.2. The Labute approximate surface area is 102 Å². The molecule has 5 heteroatoms. The third-order valence-electron chi connectivity index (χ3n) is 2.24. The zero-order valence-electron chi connectivity index (χ0n) is 8.59. The van der Waals surface area contributed by atoms with Gasteiger partial charge in [0.1, 0.15) is 0 Å². The maximum absolute atomic E-state index is 10.4. The zero-order chi connectivity index (χ0) is 11.4. The number of aliphatic carboxylic acids is 1. The first kappa shape index (κ1) is 11.7. The first-order valence-electron chi connectivity index (χ1n) is 4.92. The quantitative estimate of drug-likeness (QED) is 0.822. The summed E-state index contributed by atoms with van der Waals surface area (Å²) >= 11 is 3.55. The van der Waals surface area contributed by atoms with Crippen LogP contribution in [0.5, 0.6) is 0 Å². The molecule has 1 aliphatic rings. The molecule has 0 atom stereocenters. The minimum atomic E-state index is -0.905. The highest BCUT2D eigenvalue weighted by Crippen LogP contribution is 2.28. The second-order valence-corrected chi connectivity index (χ2v) is 5.73. The third kappa shape index (κ3) is 3.10. The fourth-order valence-corrected chi connectivity index (χ4v) is 3.35. The van der Waals surface area contributed by atoms with Crippen molar-refractivity contribution in [1.82, 2.24) is 0 Å². The summed E-state index contributed by atoms with van der Waals surface area (Å²) in [5.41, 5.74) is 1.01. The van der Waals surface area contributed by atoms with Crippen LogP contribution in [0.3, 0.4) is 0 Å². The smallest absolute Gasteiger partial charge is 0.328 e. The molecule has 2 heterocycles. The molecular formula is C11H12O3S2. The van der Waals surface area contributed by atoms with Crippen molar-refractivity contribution < 1.29 is 14.6 Å². The van der Waals surface area contributed by atoms with Gasteiger partial charge in [0.15, 0.2) is 0 Å². The van der Waals surface area contributed by atoms with Gasteiger partial charge in [0.2, 0.25) is 0 Å². The van der Waals surface area contributed by atoms with Crippen molar-refractivity contribution in [2.45, 2.75) is 11.0 Å². The van der Waals surface area contributed by atoms with Gasteiger partial charge in [0.05, 0.1) is 18.5 Å². The minimum Gasteiger partial charge on any atom is -0.478 e. The summed E-state index contributed by atoms with van der Waals surface area (Å²) in [7, 11) is 0. The largest absolute Gasteiger partial charge is 0.478 e. The number of hydrogen-bond acceptors (Lipinski definition) is 4. The summed E-state index contributed by atoms with van der Waals surface area (Å²) in [5.74, 6) is 0.0301. The maximum atomic E-state index is 10.4. The number of thiophene rings is 1. The normalized spacial score (nSPS) is 16.5. The van der Waals surface area contributed by atoms with Crippen LogP contribution in [-0.2, 0) is 15.3 Å². The standard InChI is InChI=1S/C11H12O3S2/c12-11(13)2-1-8-3-4-15-10(8)7-16-9-5-14-6-9/h1-4,9H,5-7H2,(H,12,13). The van der Waals surface area contributed by atoms with E-state index in [1.165, 1.54) is 11.0 Å². The second-order valence-electron chi connectivity index (χ2n) is 3.44. The van der Waals surface area contributed by atoms with Crippen LogP contribution < -0.4 is 0 Å². The average Bonchev–Trinajstić information content (AvgIpc) is 2.60. The second kappa shape index (κ2) is 5.52. The number of hydrogen-bond donors (Lipinski definition) is 1. The van der Waals surface area contributed by atoms with E-state index in [4.69, 9.17) is 9.84 Å². The number of thioether (sulfide) groups is 1. The van der Waals surface area contributed by atoms with Gasteiger partial charge >= 0.3 is 5.97 Å². The van der Waals surface area contributed by atoms with Gasteiger partial charge in [-0.2, -0.15) is 0 Å². The first-order valence-corrected chi connectivity index (χ1v) is 6.85. The lowest BCUT2D eigenvalue weighted by molar-refractivity contribution is -0.131.